The number of halogens is 4. The molecule has 0 fully saturated rings. The SMILES string of the molecule is Cn1c(CCCc2ccc(Cl)cc2)csc1=Nc1ccc(OC(F)(F)F)cc1. The molecule has 0 aliphatic rings. The molecule has 3 rings (SSSR count). The van der Waals surface area contributed by atoms with Gasteiger partial charge in [0, 0.05) is 23.1 Å². The maximum Gasteiger partial charge on any atom is 0.573 e. The summed E-state index contributed by atoms with van der Waals surface area (Å²) in [7, 11) is 1.94. The molecule has 0 saturated carbocycles. The van der Waals surface area contributed by atoms with Crippen molar-refractivity contribution in [2.45, 2.75) is 25.6 Å². The van der Waals surface area contributed by atoms with Gasteiger partial charge in [0.1, 0.15) is 5.75 Å². The lowest BCUT2D eigenvalue weighted by Crippen LogP contribution is -2.16. The number of thiazole rings is 1. The average Bonchev–Trinajstić information content (AvgIpc) is 2.97. The highest BCUT2D eigenvalue weighted by Gasteiger charge is 2.30. The normalized spacial score (nSPS) is 12.4. The van der Waals surface area contributed by atoms with Gasteiger partial charge in [-0.05, 0) is 61.2 Å². The van der Waals surface area contributed by atoms with E-state index in [1.807, 2.05) is 35.9 Å². The van der Waals surface area contributed by atoms with Crippen LogP contribution in [0.2, 0.25) is 5.02 Å². The first kappa shape index (κ1) is 20.5. The van der Waals surface area contributed by atoms with E-state index in [4.69, 9.17) is 11.6 Å². The smallest absolute Gasteiger partial charge is 0.406 e. The molecule has 2 aromatic carbocycles. The Bertz CT molecular complexity index is 976. The molecule has 28 heavy (non-hydrogen) atoms. The molecule has 0 aliphatic carbocycles. The summed E-state index contributed by atoms with van der Waals surface area (Å²) in [5.41, 5.74) is 2.97. The number of rotatable bonds is 6. The first-order valence-electron chi connectivity index (χ1n) is 8.58. The monoisotopic (exact) mass is 426 g/mol. The third-order valence-electron chi connectivity index (χ3n) is 4.12. The number of ether oxygens (including phenoxy) is 1. The van der Waals surface area contributed by atoms with Gasteiger partial charge in [-0.15, -0.1) is 24.5 Å². The lowest BCUT2D eigenvalue weighted by Gasteiger charge is -2.08. The fraction of sp³-hybridized carbons (Fsp3) is 0.250. The molecule has 0 saturated heterocycles. The van der Waals surface area contributed by atoms with Gasteiger partial charge in [0.15, 0.2) is 4.80 Å². The van der Waals surface area contributed by atoms with E-state index in [0.29, 0.717) is 5.69 Å². The number of hydrogen-bond acceptors (Lipinski definition) is 3. The van der Waals surface area contributed by atoms with Crippen LogP contribution in [0.3, 0.4) is 0 Å². The molecule has 3 aromatic rings. The fourth-order valence-electron chi connectivity index (χ4n) is 2.69. The summed E-state index contributed by atoms with van der Waals surface area (Å²) in [5.74, 6) is -0.259. The van der Waals surface area contributed by atoms with Crippen molar-refractivity contribution in [3.05, 3.63) is 75.0 Å². The highest BCUT2D eigenvalue weighted by atomic mass is 35.5. The largest absolute Gasteiger partial charge is 0.573 e. The minimum atomic E-state index is -4.69. The Morgan fingerprint density at radius 1 is 1.04 bits per heavy atom. The van der Waals surface area contributed by atoms with E-state index in [-0.39, 0.29) is 5.75 Å². The predicted molar refractivity (Wildman–Crippen MR) is 105 cm³/mol. The average molecular weight is 427 g/mol. The van der Waals surface area contributed by atoms with Gasteiger partial charge in [-0.3, -0.25) is 0 Å². The Morgan fingerprint density at radius 3 is 2.36 bits per heavy atom. The van der Waals surface area contributed by atoms with Crippen molar-refractivity contribution in [2.24, 2.45) is 12.0 Å². The molecule has 0 aliphatic heterocycles. The minimum Gasteiger partial charge on any atom is -0.406 e. The van der Waals surface area contributed by atoms with Crippen LogP contribution in [0.5, 0.6) is 5.75 Å². The van der Waals surface area contributed by atoms with E-state index in [9.17, 15) is 13.2 Å². The van der Waals surface area contributed by atoms with E-state index in [2.05, 4.69) is 15.1 Å². The summed E-state index contributed by atoms with van der Waals surface area (Å²) < 4.78 is 42.5. The standard InChI is InChI=1S/C20H18ClF3N2OS/c1-26-17(4-2-3-14-5-7-15(21)8-6-14)13-28-19(26)25-16-9-11-18(12-10-16)27-20(22,23)24/h5-13H,2-4H2,1H3. The predicted octanol–water partition coefficient (Wildman–Crippen LogP) is 6.05. The van der Waals surface area contributed by atoms with Crippen LogP contribution in [0.15, 0.2) is 58.9 Å². The van der Waals surface area contributed by atoms with Crippen LogP contribution in [0.25, 0.3) is 0 Å². The molecule has 0 amide bonds. The molecule has 148 valence electrons. The second kappa shape index (κ2) is 8.84. The molecule has 8 heteroatoms. The Kier molecular flexibility index (Phi) is 6.46. The van der Waals surface area contributed by atoms with Gasteiger partial charge in [0.05, 0.1) is 5.69 Å². The number of nitrogens with zero attached hydrogens (tertiary/aromatic N) is 2. The molecular formula is C20H18ClF3N2OS. The third kappa shape index (κ3) is 5.87. The topological polar surface area (TPSA) is 26.5 Å². The van der Waals surface area contributed by atoms with E-state index in [1.54, 1.807) is 0 Å². The number of aromatic nitrogens is 1. The van der Waals surface area contributed by atoms with Gasteiger partial charge < -0.3 is 9.30 Å². The number of aryl methyl sites for hydroxylation is 2. The highest BCUT2D eigenvalue weighted by molar-refractivity contribution is 7.07. The van der Waals surface area contributed by atoms with Crippen LogP contribution >= 0.6 is 22.9 Å². The summed E-state index contributed by atoms with van der Waals surface area (Å²) in [5, 5.41) is 2.79. The van der Waals surface area contributed by atoms with Crippen molar-refractivity contribution in [1.29, 1.82) is 0 Å². The summed E-state index contributed by atoms with van der Waals surface area (Å²) in [6.07, 6.45) is -1.83. The van der Waals surface area contributed by atoms with Crippen molar-refractivity contribution >= 4 is 28.6 Å². The zero-order valence-electron chi connectivity index (χ0n) is 15.0. The zero-order valence-corrected chi connectivity index (χ0v) is 16.6. The Hall–Kier alpha value is -2.25. The van der Waals surface area contributed by atoms with Crippen LogP contribution in [-0.2, 0) is 19.9 Å². The van der Waals surface area contributed by atoms with Crippen LogP contribution in [-0.4, -0.2) is 10.9 Å². The number of alkyl halides is 3. The first-order chi connectivity index (χ1) is 13.3. The maximum absolute atomic E-state index is 12.2. The maximum atomic E-state index is 12.2. The van der Waals surface area contributed by atoms with Crippen molar-refractivity contribution in [2.75, 3.05) is 0 Å². The molecule has 1 heterocycles. The second-order valence-corrected chi connectivity index (χ2v) is 7.48. The van der Waals surface area contributed by atoms with Gasteiger partial charge in [0.2, 0.25) is 0 Å². The fourth-order valence-corrected chi connectivity index (χ4v) is 3.76. The quantitative estimate of drug-likeness (QED) is 0.471. The Balaban J connectivity index is 1.64. The van der Waals surface area contributed by atoms with E-state index in [0.717, 1.165) is 34.8 Å². The second-order valence-electron chi connectivity index (χ2n) is 6.20. The highest BCUT2D eigenvalue weighted by Crippen LogP contribution is 2.24. The lowest BCUT2D eigenvalue weighted by molar-refractivity contribution is -0.274. The van der Waals surface area contributed by atoms with Crippen LogP contribution in [0.4, 0.5) is 18.9 Å². The Labute approximate surface area is 169 Å². The van der Waals surface area contributed by atoms with Crippen molar-refractivity contribution < 1.29 is 17.9 Å². The van der Waals surface area contributed by atoms with Crippen LogP contribution in [0.1, 0.15) is 17.7 Å². The van der Waals surface area contributed by atoms with Gasteiger partial charge in [-0.25, -0.2) is 4.99 Å². The van der Waals surface area contributed by atoms with Gasteiger partial charge in [-0.2, -0.15) is 0 Å². The van der Waals surface area contributed by atoms with Crippen LogP contribution in [0, 0.1) is 0 Å². The van der Waals surface area contributed by atoms with Crippen LogP contribution < -0.4 is 9.54 Å². The van der Waals surface area contributed by atoms with Crippen molar-refractivity contribution in [3.63, 3.8) is 0 Å². The molecule has 0 radical (unpaired) electrons. The van der Waals surface area contributed by atoms with Crippen molar-refractivity contribution in [1.82, 2.24) is 4.57 Å². The molecule has 0 spiro atoms. The minimum absolute atomic E-state index is 0.259. The van der Waals surface area contributed by atoms with E-state index >= 15 is 0 Å². The van der Waals surface area contributed by atoms with E-state index in [1.165, 1.54) is 41.2 Å². The Morgan fingerprint density at radius 2 is 1.71 bits per heavy atom. The van der Waals surface area contributed by atoms with Gasteiger partial charge in [-0.1, -0.05) is 23.7 Å². The van der Waals surface area contributed by atoms with Gasteiger partial charge in [0.25, 0.3) is 0 Å². The van der Waals surface area contributed by atoms with Gasteiger partial charge >= 0.3 is 6.36 Å². The number of benzene rings is 2. The summed E-state index contributed by atoms with van der Waals surface area (Å²) >= 11 is 7.40. The first-order valence-corrected chi connectivity index (χ1v) is 9.84. The third-order valence-corrected chi connectivity index (χ3v) is 5.34. The van der Waals surface area contributed by atoms with E-state index < -0.39 is 6.36 Å². The number of hydrogen-bond donors (Lipinski definition) is 0. The molecular weight excluding hydrogens is 409 g/mol. The molecule has 0 unspecified atom stereocenters. The lowest BCUT2D eigenvalue weighted by atomic mass is 10.1. The molecule has 0 N–H and O–H groups in total. The summed E-state index contributed by atoms with van der Waals surface area (Å²) in [6, 6.07) is 13.4. The molecule has 3 nitrogen and oxygen atoms in total. The zero-order chi connectivity index (χ0) is 20.1. The molecule has 1 aromatic heterocycles. The molecule has 0 atom stereocenters. The van der Waals surface area contributed by atoms with Crippen molar-refractivity contribution in [3.8, 4) is 5.75 Å². The molecule has 0 bridgehead atoms. The summed E-state index contributed by atoms with van der Waals surface area (Å²) in [4.78, 5) is 5.29. The summed E-state index contributed by atoms with van der Waals surface area (Å²) in [6.45, 7) is 0.